The van der Waals surface area contributed by atoms with Gasteiger partial charge < -0.3 is 5.11 Å². The number of aromatic nitrogens is 2. The van der Waals surface area contributed by atoms with Gasteiger partial charge in [0.1, 0.15) is 0 Å². The quantitative estimate of drug-likeness (QED) is 0.834. The molecule has 0 bridgehead atoms. The van der Waals surface area contributed by atoms with Gasteiger partial charge in [0, 0.05) is 11.8 Å². The number of rotatable bonds is 1. The number of pyridine rings is 1. The molecule has 0 atom stereocenters. The molecule has 5 heteroatoms. The minimum atomic E-state index is -0.655. The third kappa shape index (κ3) is 1.44. The molecule has 1 aliphatic carbocycles. The summed E-state index contributed by atoms with van der Waals surface area (Å²) in [6.45, 7) is 0. The van der Waals surface area contributed by atoms with Crippen LogP contribution in [-0.2, 0) is 5.60 Å². The maximum Gasteiger partial charge on any atom is 0.186 e. The molecule has 0 saturated heterocycles. The molecule has 0 spiro atoms. The van der Waals surface area contributed by atoms with E-state index in [1.807, 2.05) is 6.07 Å². The zero-order valence-corrected chi connectivity index (χ0v) is 9.48. The van der Waals surface area contributed by atoms with E-state index >= 15 is 0 Å². The molecular formula is C10H9ClN2OS. The first-order valence-electron chi connectivity index (χ1n) is 4.82. The molecular weight excluding hydrogens is 232 g/mol. The Morgan fingerprint density at radius 2 is 2.27 bits per heavy atom. The summed E-state index contributed by atoms with van der Waals surface area (Å²) in [5.41, 5.74) is 0.899. The van der Waals surface area contributed by atoms with E-state index in [1.54, 1.807) is 6.20 Å². The van der Waals surface area contributed by atoms with Crippen LogP contribution in [0.4, 0.5) is 0 Å². The molecule has 3 rings (SSSR count). The first-order chi connectivity index (χ1) is 7.17. The zero-order valence-electron chi connectivity index (χ0n) is 7.90. The van der Waals surface area contributed by atoms with Gasteiger partial charge >= 0.3 is 0 Å². The van der Waals surface area contributed by atoms with Gasteiger partial charge in [-0.3, -0.25) is 0 Å². The Kier molecular flexibility index (Phi) is 1.99. The summed E-state index contributed by atoms with van der Waals surface area (Å²) in [5.74, 6) is 0. The van der Waals surface area contributed by atoms with Gasteiger partial charge in [0.2, 0.25) is 0 Å². The molecule has 78 valence electrons. The Morgan fingerprint density at radius 1 is 1.47 bits per heavy atom. The van der Waals surface area contributed by atoms with Gasteiger partial charge in [0.25, 0.3) is 0 Å². The van der Waals surface area contributed by atoms with Gasteiger partial charge in [-0.15, -0.1) is 11.3 Å². The summed E-state index contributed by atoms with van der Waals surface area (Å²) in [5, 5.41) is 10.2. The number of hydrogen-bond acceptors (Lipinski definition) is 4. The van der Waals surface area contributed by atoms with Crippen molar-refractivity contribution in [2.24, 2.45) is 0 Å². The molecule has 1 N–H and O–H groups in total. The number of hydrogen-bond donors (Lipinski definition) is 1. The van der Waals surface area contributed by atoms with E-state index in [0.29, 0.717) is 10.1 Å². The molecule has 0 radical (unpaired) electrons. The first kappa shape index (κ1) is 9.51. The van der Waals surface area contributed by atoms with Crippen LogP contribution >= 0.6 is 22.9 Å². The van der Waals surface area contributed by atoms with Crippen molar-refractivity contribution in [1.29, 1.82) is 0 Å². The third-order valence-electron chi connectivity index (χ3n) is 2.94. The van der Waals surface area contributed by atoms with E-state index in [9.17, 15) is 5.11 Å². The fourth-order valence-corrected chi connectivity index (χ4v) is 2.87. The van der Waals surface area contributed by atoms with Crippen molar-refractivity contribution < 1.29 is 5.11 Å². The van der Waals surface area contributed by atoms with E-state index in [1.165, 1.54) is 11.3 Å². The van der Waals surface area contributed by atoms with E-state index < -0.39 is 5.60 Å². The Balaban J connectivity index is 2.13. The smallest absolute Gasteiger partial charge is 0.186 e. The number of nitrogens with zero attached hydrogens (tertiary/aromatic N) is 2. The zero-order chi connectivity index (χ0) is 10.5. The van der Waals surface area contributed by atoms with Crippen molar-refractivity contribution in [2.45, 2.75) is 24.9 Å². The molecule has 1 aliphatic rings. The highest BCUT2D eigenvalue weighted by Gasteiger charge is 2.36. The molecule has 2 aromatic heterocycles. The normalized spacial score (nSPS) is 19.1. The lowest BCUT2D eigenvalue weighted by molar-refractivity contribution is -0.0389. The summed E-state index contributed by atoms with van der Waals surface area (Å²) in [6, 6.07) is 1.95. The predicted octanol–water partition coefficient (Wildman–Crippen LogP) is 2.72. The van der Waals surface area contributed by atoms with Gasteiger partial charge in [-0.1, -0.05) is 11.6 Å². The van der Waals surface area contributed by atoms with Crippen LogP contribution < -0.4 is 0 Å². The van der Waals surface area contributed by atoms with Crippen LogP contribution in [-0.4, -0.2) is 15.1 Å². The Hall–Kier alpha value is -0.710. The average Bonchev–Trinajstić information content (AvgIpc) is 2.53. The van der Waals surface area contributed by atoms with Crippen molar-refractivity contribution >= 4 is 33.3 Å². The molecule has 15 heavy (non-hydrogen) atoms. The van der Waals surface area contributed by atoms with Crippen LogP contribution in [0, 0.1) is 0 Å². The van der Waals surface area contributed by atoms with Gasteiger partial charge in [-0.2, -0.15) is 0 Å². The lowest BCUT2D eigenvalue weighted by Gasteiger charge is -2.36. The number of thiazole rings is 1. The number of aliphatic hydroxyl groups is 1. The van der Waals surface area contributed by atoms with Crippen LogP contribution in [0.3, 0.4) is 0 Å². The first-order valence-corrected chi connectivity index (χ1v) is 6.02. The summed E-state index contributed by atoms with van der Waals surface area (Å²) >= 11 is 7.20. The van der Waals surface area contributed by atoms with E-state index in [2.05, 4.69) is 9.97 Å². The number of halogens is 1. The largest absolute Gasteiger partial charge is 0.385 e. The molecule has 0 aliphatic heterocycles. The molecule has 0 amide bonds. The molecule has 2 heterocycles. The van der Waals surface area contributed by atoms with E-state index in [-0.39, 0.29) is 0 Å². The third-order valence-corrected chi connectivity index (χ3v) is 4.03. The van der Waals surface area contributed by atoms with Crippen LogP contribution in [0.1, 0.15) is 24.8 Å². The molecule has 0 aromatic carbocycles. The van der Waals surface area contributed by atoms with Crippen molar-refractivity contribution in [3.8, 4) is 0 Å². The predicted molar refractivity (Wildman–Crippen MR) is 60.2 cm³/mol. The van der Waals surface area contributed by atoms with Gasteiger partial charge in [0.15, 0.2) is 10.1 Å². The molecule has 3 nitrogen and oxygen atoms in total. The molecule has 1 fully saturated rings. The second-order valence-electron chi connectivity index (χ2n) is 3.90. The molecule has 0 unspecified atom stereocenters. The second kappa shape index (κ2) is 3.14. The summed E-state index contributed by atoms with van der Waals surface area (Å²) in [6.07, 6.45) is 4.44. The summed E-state index contributed by atoms with van der Waals surface area (Å²) in [4.78, 5) is 8.28. The van der Waals surface area contributed by atoms with Crippen LogP contribution in [0.15, 0.2) is 12.3 Å². The van der Waals surface area contributed by atoms with E-state index in [4.69, 9.17) is 11.6 Å². The minimum absolute atomic E-state index is 0.496. The van der Waals surface area contributed by atoms with Crippen molar-refractivity contribution in [3.05, 3.63) is 22.3 Å². The maximum absolute atomic E-state index is 10.2. The highest BCUT2D eigenvalue weighted by molar-refractivity contribution is 7.22. The highest BCUT2D eigenvalue weighted by Crippen LogP contribution is 2.41. The summed E-state index contributed by atoms with van der Waals surface area (Å²) < 4.78 is 1.44. The van der Waals surface area contributed by atoms with Crippen molar-refractivity contribution in [1.82, 2.24) is 9.97 Å². The fraction of sp³-hybridized carbons (Fsp3) is 0.400. The van der Waals surface area contributed by atoms with Crippen molar-refractivity contribution in [2.75, 3.05) is 0 Å². The maximum atomic E-state index is 10.2. The fourth-order valence-electron chi connectivity index (χ4n) is 1.85. The standard InChI is InChI=1S/C10H9ClN2OS/c11-9-13-8-7(15-9)4-6(5-12-8)10(14)2-1-3-10/h4-5,14H,1-3H2. The van der Waals surface area contributed by atoms with Crippen molar-refractivity contribution in [3.63, 3.8) is 0 Å². The molecule has 1 saturated carbocycles. The monoisotopic (exact) mass is 240 g/mol. The highest BCUT2D eigenvalue weighted by atomic mass is 35.5. The Labute approximate surface area is 95.7 Å². The Bertz CT molecular complexity index is 521. The molecule has 2 aromatic rings. The van der Waals surface area contributed by atoms with E-state index in [0.717, 1.165) is 29.5 Å². The second-order valence-corrected chi connectivity index (χ2v) is 5.51. The van der Waals surface area contributed by atoms with Crippen LogP contribution in [0.5, 0.6) is 0 Å². The Morgan fingerprint density at radius 3 is 2.93 bits per heavy atom. The lowest BCUT2D eigenvalue weighted by atomic mass is 9.76. The van der Waals surface area contributed by atoms with Gasteiger partial charge in [0.05, 0.1) is 10.3 Å². The topological polar surface area (TPSA) is 46.0 Å². The van der Waals surface area contributed by atoms with Crippen LogP contribution in [0.25, 0.3) is 10.3 Å². The average molecular weight is 241 g/mol. The lowest BCUT2D eigenvalue weighted by Crippen LogP contribution is -2.33. The summed E-state index contributed by atoms with van der Waals surface area (Å²) in [7, 11) is 0. The van der Waals surface area contributed by atoms with Gasteiger partial charge in [-0.25, -0.2) is 9.97 Å². The minimum Gasteiger partial charge on any atom is -0.385 e. The number of fused-ring (bicyclic) bond motifs is 1. The van der Waals surface area contributed by atoms with Crippen LogP contribution in [0.2, 0.25) is 4.47 Å². The SMILES string of the molecule is OC1(c2cnc3nc(Cl)sc3c2)CCC1. The van der Waals surface area contributed by atoms with Gasteiger partial charge in [-0.05, 0) is 25.3 Å².